The predicted molar refractivity (Wildman–Crippen MR) is 91.1 cm³/mol. The van der Waals surface area contributed by atoms with E-state index in [9.17, 15) is 4.79 Å². The predicted octanol–water partition coefficient (Wildman–Crippen LogP) is 4.03. The second-order valence-electron chi connectivity index (χ2n) is 5.22. The maximum absolute atomic E-state index is 12.0. The van der Waals surface area contributed by atoms with Crippen LogP contribution in [-0.4, -0.2) is 25.8 Å². The molecule has 0 aromatic heterocycles. The van der Waals surface area contributed by atoms with Gasteiger partial charge in [-0.15, -0.1) is 0 Å². The molecule has 5 nitrogen and oxygen atoms in total. The van der Waals surface area contributed by atoms with Gasteiger partial charge in [0.2, 0.25) is 0 Å². The fourth-order valence-electron chi connectivity index (χ4n) is 2.02. The molecule has 0 saturated carbocycles. The molecule has 0 fully saturated rings. The second-order valence-corrected chi connectivity index (χ2v) is 5.22. The number of hydrogen-bond acceptors (Lipinski definition) is 3. The lowest BCUT2D eigenvalue weighted by Crippen LogP contribution is -2.36. The number of ether oxygens (including phenoxy) is 2. The summed E-state index contributed by atoms with van der Waals surface area (Å²) in [7, 11) is 1.64. The molecule has 1 atom stereocenters. The zero-order valence-electron chi connectivity index (χ0n) is 13.4. The molecule has 0 spiro atoms. The summed E-state index contributed by atoms with van der Waals surface area (Å²) in [5.41, 5.74) is 0.676. The summed E-state index contributed by atoms with van der Waals surface area (Å²) in [4.78, 5) is 12.0. The van der Waals surface area contributed by atoms with Crippen LogP contribution >= 0.6 is 0 Å². The molecule has 0 bridgehead atoms. The van der Waals surface area contributed by atoms with E-state index in [1.165, 1.54) is 0 Å². The Bertz CT molecular complexity index is 617. The number of hydrogen-bond donors (Lipinski definition) is 2. The summed E-state index contributed by atoms with van der Waals surface area (Å²) in [6, 6.07) is 16.6. The first-order valence-electron chi connectivity index (χ1n) is 7.57. The minimum atomic E-state index is -0.245. The summed E-state index contributed by atoms with van der Waals surface area (Å²) in [6.07, 6.45) is 0.765. The number of methoxy groups -OCH3 is 1. The average molecular weight is 314 g/mol. The van der Waals surface area contributed by atoms with E-state index in [0.717, 1.165) is 12.2 Å². The van der Waals surface area contributed by atoms with Gasteiger partial charge in [-0.3, -0.25) is 0 Å². The number of carbonyl (C=O) groups is 1. The van der Waals surface area contributed by atoms with Gasteiger partial charge >= 0.3 is 6.03 Å². The highest BCUT2D eigenvalue weighted by Gasteiger charge is 2.07. The van der Waals surface area contributed by atoms with Crippen molar-refractivity contribution in [3.8, 4) is 11.5 Å². The molecule has 0 aliphatic heterocycles. The smallest absolute Gasteiger partial charge is 0.319 e. The molecule has 2 rings (SSSR count). The third kappa shape index (κ3) is 6.00. The Balaban J connectivity index is 1.90. The Morgan fingerprint density at radius 3 is 2.57 bits per heavy atom. The Kier molecular flexibility index (Phi) is 6.44. The van der Waals surface area contributed by atoms with Gasteiger partial charge in [-0.1, -0.05) is 24.3 Å². The van der Waals surface area contributed by atoms with E-state index >= 15 is 0 Å². The van der Waals surface area contributed by atoms with Crippen molar-refractivity contribution in [3.63, 3.8) is 0 Å². The molecule has 2 N–H and O–H groups in total. The average Bonchev–Trinajstić information content (AvgIpc) is 2.54. The highest BCUT2D eigenvalue weighted by molar-refractivity contribution is 5.89. The normalized spacial score (nSPS) is 11.6. The molecule has 5 heteroatoms. The van der Waals surface area contributed by atoms with Crippen LogP contribution in [0.25, 0.3) is 0 Å². The molecule has 122 valence electrons. The molecule has 0 aliphatic rings. The Morgan fingerprint density at radius 2 is 1.83 bits per heavy atom. The lowest BCUT2D eigenvalue weighted by atomic mass is 10.2. The van der Waals surface area contributed by atoms with E-state index in [-0.39, 0.29) is 12.1 Å². The van der Waals surface area contributed by atoms with Crippen LogP contribution in [0.1, 0.15) is 13.3 Å². The fraction of sp³-hybridized carbons (Fsp3) is 0.278. The number of urea groups is 1. The number of amides is 2. The summed E-state index contributed by atoms with van der Waals surface area (Å²) in [5, 5.41) is 5.67. The van der Waals surface area contributed by atoms with Gasteiger partial charge in [-0.05, 0) is 37.6 Å². The van der Waals surface area contributed by atoms with Crippen LogP contribution < -0.4 is 15.4 Å². The molecular weight excluding hydrogens is 292 g/mol. The van der Waals surface area contributed by atoms with Crippen molar-refractivity contribution in [1.82, 2.24) is 5.32 Å². The van der Waals surface area contributed by atoms with Crippen molar-refractivity contribution in [2.24, 2.45) is 0 Å². The topological polar surface area (TPSA) is 59.6 Å². The quantitative estimate of drug-likeness (QED) is 0.811. The van der Waals surface area contributed by atoms with E-state index in [4.69, 9.17) is 9.47 Å². The molecular formula is C18H22N2O3. The van der Waals surface area contributed by atoms with E-state index in [2.05, 4.69) is 10.6 Å². The van der Waals surface area contributed by atoms with Crippen LogP contribution in [0, 0.1) is 0 Å². The zero-order valence-corrected chi connectivity index (χ0v) is 13.4. The van der Waals surface area contributed by atoms with E-state index < -0.39 is 0 Å². The number of para-hydroxylation sites is 1. The molecule has 0 heterocycles. The van der Waals surface area contributed by atoms with Crippen LogP contribution in [0.3, 0.4) is 0 Å². The first-order valence-corrected chi connectivity index (χ1v) is 7.57. The Morgan fingerprint density at radius 1 is 1.09 bits per heavy atom. The van der Waals surface area contributed by atoms with Gasteiger partial charge in [-0.2, -0.15) is 0 Å². The van der Waals surface area contributed by atoms with Gasteiger partial charge in [0.1, 0.15) is 11.5 Å². The number of anilines is 1. The van der Waals surface area contributed by atoms with E-state index in [1.807, 2.05) is 55.5 Å². The maximum Gasteiger partial charge on any atom is 0.319 e. The van der Waals surface area contributed by atoms with E-state index in [1.54, 1.807) is 13.2 Å². The van der Waals surface area contributed by atoms with Crippen molar-refractivity contribution in [2.45, 2.75) is 19.4 Å². The van der Waals surface area contributed by atoms with Crippen molar-refractivity contribution >= 4 is 11.7 Å². The Labute approximate surface area is 136 Å². The minimum absolute atomic E-state index is 0.0405. The highest BCUT2D eigenvalue weighted by atomic mass is 16.5. The molecule has 0 unspecified atom stereocenters. The molecule has 2 amide bonds. The molecule has 23 heavy (non-hydrogen) atoms. The van der Waals surface area contributed by atoms with Gasteiger partial charge in [0.25, 0.3) is 0 Å². The number of nitrogens with one attached hydrogen (secondary N) is 2. The SMILES string of the molecule is COCC[C@H](C)NC(=O)Nc1cccc(Oc2ccccc2)c1. The first kappa shape index (κ1) is 16.8. The van der Waals surface area contributed by atoms with Crippen LogP contribution in [0.4, 0.5) is 10.5 Å². The van der Waals surface area contributed by atoms with Crippen molar-refractivity contribution in [1.29, 1.82) is 0 Å². The summed E-state index contributed by atoms with van der Waals surface area (Å²) >= 11 is 0. The standard InChI is InChI=1S/C18H22N2O3/c1-14(11-12-22-2)19-18(21)20-15-7-6-10-17(13-15)23-16-8-4-3-5-9-16/h3-10,13-14H,11-12H2,1-2H3,(H2,19,20,21)/t14-/m0/s1. The number of rotatable bonds is 7. The third-order valence-electron chi connectivity index (χ3n) is 3.20. The second kappa shape index (κ2) is 8.80. The Hall–Kier alpha value is -2.53. The van der Waals surface area contributed by atoms with Crippen LogP contribution in [0.2, 0.25) is 0 Å². The summed E-state index contributed by atoms with van der Waals surface area (Å²) in [6.45, 7) is 2.55. The minimum Gasteiger partial charge on any atom is -0.457 e. The lowest BCUT2D eigenvalue weighted by Gasteiger charge is -2.14. The summed E-state index contributed by atoms with van der Waals surface area (Å²) in [5.74, 6) is 1.42. The van der Waals surface area contributed by atoms with Crippen molar-refractivity contribution in [2.75, 3.05) is 19.0 Å². The highest BCUT2D eigenvalue weighted by Crippen LogP contribution is 2.23. The molecule has 2 aromatic rings. The van der Waals surface area contributed by atoms with Crippen LogP contribution in [-0.2, 0) is 4.74 Å². The lowest BCUT2D eigenvalue weighted by molar-refractivity contribution is 0.185. The maximum atomic E-state index is 12.0. The van der Waals surface area contributed by atoms with Gasteiger partial charge in [-0.25, -0.2) is 4.79 Å². The van der Waals surface area contributed by atoms with Crippen LogP contribution in [0.15, 0.2) is 54.6 Å². The number of benzene rings is 2. The molecule has 0 saturated heterocycles. The fourth-order valence-corrected chi connectivity index (χ4v) is 2.02. The zero-order chi connectivity index (χ0) is 16.5. The molecule has 2 aromatic carbocycles. The first-order chi connectivity index (χ1) is 11.2. The molecule has 0 aliphatic carbocycles. The van der Waals surface area contributed by atoms with Gasteiger partial charge in [0.05, 0.1) is 0 Å². The van der Waals surface area contributed by atoms with Crippen molar-refractivity contribution in [3.05, 3.63) is 54.6 Å². The van der Waals surface area contributed by atoms with E-state index in [0.29, 0.717) is 18.0 Å². The molecule has 0 radical (unpaired) electrons. The third-order valence-corrected chi connectivity index (χ3v) is 3.20. The summed E-state index contributed by atoms with van der Waals surface area (Å²) < 4.78 is 10.7. The van der Waals surface area contributed by atoms with Gasteiger partial charge < -0.3 is 20.1 Å². The van der Waals surface area contributed by atoms with Crippen LogP contribution in [0.5, 0.6) is 11.5 Å². The van der Waals surface area contributed by atoms with Gasteiger partial charge in [0.15, 0.2) is 0 Å². The van der Waals surface area contributed by atoms with Gasteiger partial charge in [0, 0.05) is 31.5 Å². The largest absolute Gasteiger partial charge is 0.457 e. The monoisotopic (exact) mass is 314 g/mol. The number of carbonyl (C=O) groups excluding carboxylic acids is 1. The van der Waals surface area contributed by atoms with Crippen molar-refractivity contribution < 1.29 is 14.3 Å².